The Labute approximate surface area is 126 Å². The van der Waals surface area contributed by atoms with Crippen LogP contribution in [0.4, 0.5) is 0 Å². The molecular formula is C21H20. The Hall–Kier alpha value is -2.08. The summed E-state index contributed by atoms with van der Waals surface area (Å²) in [6.07, 6.45) is 6.72. The van der Waals surface area contributed by atoms with E-state index in [9.17, 15) is 0 Å². The molecule has 104 valence electrons. The highest BCUT2D eigenvalue weighted by Gasteiger charge is 2.48. The van der Waals surface area contributed by atoms with Crippen LogP contribution in [0.3, 0.4) is 0 Å². The highest BCUT2D eigenvalue weighted by Crippen LogP contribution is 2.59. The largest absolute Gasteiger partial charge is 0.0992 e. The van der Waals surface area contributed by atoms with Crippen molar-refractivity contribution in [3.05, 3.63) is 84.0 Å². The van der Waals surface area contributed by atoms with Crippen LogP contribution in [0.15, 0.2) is 72.8 Å². The molecule has 0 heteroatoms. The standard InChI is InChI=1S/C21H20/c1-3-8-16-14-21(13-15(16)2)19-11-6-4-9-17(19)18-10-5-7-12-20(18)21/h3-12,16H,2,13-14H2,1H3/b8-3+/t16-/m1/s1. The lowest BCUT2D eigenvalue weighted by Gasteiger charge is -2.26. The van der Waals surface area contributed by atoms with E-state index in [0.29, 0.717) is 5.92 Å². The summed E-state index contributed by atoms with van der Waals surface area (Å²) >= 11 is 0. The van der Waals surface area contributed by atoms with Crippen molar-refractivity contribution in [2.75, 3.05) is 0 Å². The summed E-state index contributed by atoms with van der Waals surface area (Å²) in [5, 5.41) is 0. The molecule has 1 atom stereocenters. The highest BCUT2D eigenvalue weighted by atomic mass is 14.5. The third-order valence-electron chi connectivity index (χ3n) is 5.22. The summed E-state index contributed by atoms with van der Waals surface area (Å²) in [7, 11) is 0. The molecule has 0 bridgehead atoms. The molecule has 0 N–H and O–H groups in total. The lowest BCUT2D eigenvalue weighted by molar-refractivity contribution is 0.532. The number of fused-ring (bicyclic) bond motifs is 5. The fourth-order valence-electron chi connectivity index (χ4n) is 4.37. The summed E-state index contributed by atoms with van der Waals surface area (Å²) in [6.45, 7) is 6.47. The van der Waals surface area contributed by atoms with Crippen molar-refractivity contribution in [3.63, 3.8) is 0 Å². The first-order valence-electron chi connectivity index (χ1n) is 7.76. The molecule has 1 fully saturated rings. The Morgan fingerprint density at radius 3 is 2.14 bits per heavy atom. The van der Waals surface area contributed by atoms with Gasteiger partial charge < -0.3 is 0 Å². The molecule has 0 amide bonds. The molecule has 0 radical (unpaired) electrons. The maximum Gasteiger partial charge on any atom is 0.0261 e. The number of hydrogen-bond donors (Lipinski definition) is 0. The van der Waals surface area contributed by atoms with E-state index >= 15 is 0 Å². The number of benzene rings is 2. The maximum absolute atomic E-state index is 4.37. The van der Waals surface area contributed by atoms with Crippen molar-refractivity contribution in [2.45, 2.75) is 25.2 Å². The summed E-state index contributed by atoms with van der Waals surface area (Å²) in [4.78, 5) is 0. The maximum atomic E-state index is 4.37. The zero-order chi connectivity index (χ0) is 14.4. The van der Waals surface area contributed by atoms with Gasteiger partial charge in [-0.05, 0) is 47.9 Å². The predicted octanol–water partition coefficient (Wildman–Crippen LogP) is 5.50. The van der Waals surface area contributed by atoms with Gasteiger partial charge in [-0.15, -0.1) is 0 Å². The van der Waals surface area contributed by atoms with Crippen LogP contribution < -0.4 is 0 Å². The molecule has 0 unspecified atom stereocenters. The molecule has 4 rings (SSSR count). The zero-order valence-electron chi connectivity index (χ0n) is 12.5. The summed E-state index contributed by atoms with van der Waals surface area (Å²) < 4.78 is 0. The summed E-state index contributed by atoms with van der Waals surface area (Å²) in [6, 6.07) is 17.9. The average molecular weight is 272 g/mol. The third kappa shape index (κ3) is 1.62. The smallest absolute Gasteiger partial charge is 0.0261 e. The van der Waals surface area contributed by atoms with Crippen molar-refractivity contribution in [1.29, 1.82) is 0 Å². The van der Waals surface area contributed by atoms with Gasteiger partial charge in [-0.1, -0.05) is 72.8 Å². The fourth-order valence-corrected chi connectivity index (χ4v) is 4.37. The van der Waals surface area contributed by atoms with Gasteiger partial charge >= 0.3 is 0 Å². The number of rotatable bonds is 1. The molecule has 1 spiro atoms. The van der Waals surface area contributed by atoms with Crippen LogP contribution >= 0.6 is 0 Å². The topological polar surface area (TPSA) is 0 Å². The van der Waals surface area contributed by atoms with Crippen LogP contribution in [0.1, 0.15) is 30.9 Å². The van der Waals surface area contributed by atoms with Crippen molar-refractivity contribution < 1.29 is 0 Å². The minimum absolute atomic E-state index is 0.147. The van der Waals surface area contributed by atoms with Crippen LogP contribution in [-0.4, -0.2) is 0 Å². The number of allylic oxidation sites excluding steroid dienone is 3. The van der Waals surface area contributed by atoms with Gasteiger partial charge in [0.05, 0.1) is 0 Å². The second-order valence-corrected chi connectivity index (χ2v) is 6.34. The first-order chi connectivity index (χ1) is 10.3. The Morgan fingerprint density at radius 2 is 1.57 bits per heavy atom. The first-order valence-corrected chi connectivity index (χ1v) is 7.76. The quantitative estimate of drug-likeness (QED) is 0.602. The van der Waals surface area contributed by atoms with Crippen molar-refractivity contribution in [1.82, 2.24) is 0 Å². The van der Waals surface area contributed by atoms with Gasteiger partial charge in [-0.2, -0.15) is 0 Å². The Balaban J connectivity index is 1.96. The molecule has 0 heterocycles. The normalized spacial score (nSPS) is 22.0. The monoisotopic (exact) mass is 272 g/mol. The second-order valence-electron chi connectivity index (χ2n) is 6.34. The van der Waals surface area contributed by atoms with E-state index in [4.69, 9.17) is 0 Å². The van der Waals surface area contributed by atoms with E-state index in [2.05, 4.69) is 74.2 Å². The van der Waals surface area contributed by atoms with Crippen LogP contribution in [0.25, 0.3) is 11.1 Å². The third-order valence-corrected chi connectivity index (χ3v) is 5.22. The van der Waals surface area contributed by atoms with Gasteiger partial charge in [-0.25, -0.2) is 0 Å². The first kappa shape index (κ1) is 12.6. The van der Waals surface area contributed by atoms with E-state index in [1.165, 1.54) is 27.8 Å². The molecular weight excluding hydrogens is 252 g/mol. The van der Waals surface area contributed by atoms with E-state index < -0.39 is 0 Å². The van der Waals surface area contributed by atoms with Crippen molar-refractivity contribution in [3.8, 4) is 11.1 Å². The summed E-state index contributed by atoms with van der Waals surface area (Å²) in [5.41, 5.74) is 7.36. The van der Waals surface area contributed by atoms with Gasteiger partial charge in [0, 0.05) is 5.41 Å². The lowest BCUT2D eigenvalue weighted by atomic mass is 9.76. The molecule has 2 aromatic carbocycles. The molecule has 21 heavy (non-hydrogen) atoms. The van der Waals surface area contributed by atoms with Gasteiger partial charge in [-0.3, -0.25) is 0 Å². The molecule has 0 aromatic heterocycles. The van der Waals surface area contributed by atoms with Crippen molar-refractivity contribution in [2.24, 2.45) is 5.92 Å². The Bertz CT molecular complexity index is 703. The molecule has 0 nitrogen and oxygen atoms in total. The minimum atomic E-state index is 0.147. The van der Waals surface area contributed by atoms with E-state index in [1.807, 2.05) is 0 Å². The second kappa shape index (κ2) is 4.46. The van der Waals surface area contributed by atoms with E-state index in [0.717, 1.165) is 12.8 Å². The molecule has 2 aromatic rings. The van der Waals surface area contributed by atoms with E-state index in [-0.39, 0.29) is 5.41 Å². The Kier molecular flexibility index (Phi) is 2.68. The zero-order valence-corrected chi connectivity index (χ0v) is 12.5. The van der Waals surface area contributed by atoms with Crippen LogP contribution in [-0.2, 0) is 5.41 Å². The van der Waals surface area contributed by atoms with Gasteiger partial charge in [0.15, 0.2) is 0 Å². The SMILES string of the molecule is C=C1CC2(C[C@H]1/C=C/C)c1ccccc1-c1ccccc12. The molecule has 2 aliphatic rings. The van der Waals surface area contributed by atoms with Gasteiger partial charge in [0.25, 0.3) is 0 Å². The molecule has 2 aliphatic carbocycles. The van der Waals surface area contributed by atoms with Crippen LogP contribution in [0, 0.1) is 5.92 Å². The van der Waals surface area contributed by atoms with Gasteiger partial charge in [0.2, 0.25) is 0 Å². The average Bonchev–Trinajstić information content (AvgIpc) is 2.98. The fraction of sp³-hybridized carbons (Fsp3) is 0.238. The lowest BCUT2D eigenvalue weighted by Crippen LogP contribution is -2.21. The highest BCUT2D eigenvalue weighted by molar-refractivity contribution is 5.81. The number of hydrogen-bond acceptors (Lipinski definition) is 0. The molecule has 1 saturated carbocycles. The minimum Gasteiger partial charge on any atom is -0.0992 e. The molecule has 0 aliphatic heterocycles. The van der Waals surface area contributed by atoms with Crippen LogP contribution in [0.5, 0.6) is 0 Å². The van der Waals surface area contributed by atoms with Crippen LogP contribution in [0.2, 0.25) is 0 Å². The predicted molar refractivity (Wildman–Crippen MR) is 89.3 cm³/mol. The van der Waals surface area contributed by atoms with Crippen molar-refractivity contribution >= 4 is 0 Å². The van der Waals surface area contributed by atoms with E-state index in [1.54, 1.807) is 0 Å². The molecule has 0 saturated heterocycles. The summed E-state index contributed by atoms with van der Waals surface area (Å²) in [5.74, 6) is 0.509. The van der Waals surface area contributed by atoms with Gasteiger partial charge in [0.1, 0.15) is 0 Å². The Morgan fingerprint density at radius 1 is 1.00 bits per heavy atom.